The number of cyclic esters (lactones) is 1. The van der Waals surface area contributed by atoms with Crippen LogP contribution in [0.3, 0.4) is 0 Å². The maximum atomic E-state index is 12.3. The summed E-state index contributed by atoms with van der Waals surface area (Å²) >= 11 is 0. The van der Waals surface area contributed by atoms with E-state index in [9.17, 15) is 14.7 Å². The fourth-order valence-electron chi connectivity index (χ4n) is 3.97. The third-order valence-corrected chi connectivity index (χ3v) is 5.26. The first kappa shape index (κ1) is 21.1. The van der Waals surface area contributed by atoms with Crippen LogP contribution in [0.1, 0.15) is 21.6 Å². The Kier molecular flexibility index (Phi) is 6.20. The van der Waals surface area contributed by atoms with Crippen LogP contribution in [0.2, 0.25) is 0 Å². The molecule has 9 heteroatoms. The van der Waals surface area contributed by atoms with Gasteiger partial charge in [0.05, 0.1) is 0 Å². The number of carboxylic acid groups (broad SMARTS) is 2. The molecule has 0 saturated carbocycles. The van der Waals surface area contributed by atoms with Gasteiger partial charge in [0.1, 0.15) is 23.5 Å². The van der Waals surface area contributed by atoms with Crippen LogP contribution in [0.25, 0.3) is 0 Å². The molecule has 0 radical (unpaired) electrons. The van der Waals surface area contributed by atoms with E-state index in [-0.39, 0.29) is 24.7 Å². The molecule has 0 aliphatic carbocycles. The van der Waals surface area contributed by atoms with Gasteiger partial charge in [0.15, 0.2) is 0 Å². The van der Waals surface area contributed by atoms with Crippen LogP contribution in [0, 0.1) is 6.92 Å². The van der Waals surface area contributed by atoms with Crippen molar-refractivity contribution in [2.24, 2.45) is 0 Å². The Balaban J connectivity index is 0.000000806. The fourth-order valence-corrected chi connectivity index (χ4v) is 3.97. The summed E-state index contributed by atoms with van der Waals surface area (Å²) in [5, 5.41) is 16.4. The molecule has 4 rings (SSSR count). The summed E-state index contributed by atoms with van der Waals surface area (Å²) in [6.07, 6.45) is 0.339. The number of fused-ring (bicyclic) bond motifs is 1. The second-order valence-corrected chi connectivity index (χ2v) is 7.25. The number of hydrogen-bond acceptors (Lipinski definition) is 6. The van der Waals surface area contributed by atoms with E-state index < -0.39 is 11.5 Å². The summed E-state index contributed by atoms with van der Waals surface area (Å²) in [6, 6.07) is 13.2. The van der Waals surface area contributed by atoms with Gasteiger partial charge in [-0.25, -0.2) is 14.6 Å². The quantitative estimate of drug-likeness (QED) is 0.731. The number of benzene rings is 1. The van der Waals surface area contributed by atoms with Gasteiger partial charge in [-0.3, -0.25) is 9.69 Å². The number of carbonyl (C=O) groups excluding carboxylic acids is 1. The van der Waals surface area contributed by atoms with Gasteiger partial charge in [0.25, 0.3) is 6.47 Å². The lowest BCUT2D eigenvalue weighted by atomic mass is 9.88. The molecule has 158 valence electrons. The number of carbonyl (C=O) groups is 3. The van der Waals surface area contributed by atoms with Gasteiger partial charge in [-0.15, -0.1) is 0 Å². The molecule has 2 aliphatic heterocycles. The Morgan fingerprint density at radius 1 is 1.23 bits per heavy atom. The minimum Gasteiger partial charge on any atom is -0.483 e. The molecule has 0 spiro atoms. The van der Waals surface area contributed by atoms with Gasteiger partial charge < -0.3 is 19.8 Å². The summed E-state index contributed by atoms with van der Waals surface area (Å²) in [7, 11) is 0. The second-order valence-electron chi connectivity index (χ2n) is 7.25. The van der Waals surface area contributed by atoms with Crippen LogP contribution in [0.5, 0.6) is 0 Å². The summed E-state index contributed by atoms with van der Waals surface area (Å²) < 4.78 is 5.38. The van der Waals surface area contributed by atoms with Crippen molar-refractivity contribution >= 4 is 24.4 Å². The van der Waals surface area contributed by atoms with Gasteiger partial charge in [0.2, 0.25) is 0 Å². The fraction of sp³-hybridized carbons (Fsp3) is 0.333. The molecule has 30 heavy (non-hydrogen) atoms. The van der Waals surface area contributed by atoms with Crippen molar-refractivity contribution in [1.82, 2.24) is 9.88 Å². The lowest BCUT2D eigenvalue weighted by Crippen LogP contribution is -2.63. The molecule has 0 bridgehead atoms. The van der Waals surface area contributed by atoms with Crippen molar-refractivity contribution in [2.75, 3.05) is 31.1 Å². The number of nitrogens with zero attached hydrogens (tertiary/aromatic N) is 3. The molecule has 2 fully saturated rings. The number of anilines is 1. The van der Waals surface area contributed by atoms with Crippen molar-refractivity contribution < 1.29 is 29.3 Å². The zero-order valence-corrected chi connectivity index (χ0v) is 16.5. The lowest BCUT2D eigenvalue weighted by molar-refractivity contribution is -0.122. The number of carboxylic acids is 1. The molecule has 1 unspecified atom stereocenters. The van der Waals surface area contributed by atoms with Gasteiger partial charge in [-0.1, -0.05) is 30.3 Å². The average Bonchev–Trinajstić information content (AvgIpc) is 3.04. The number of aryl methyl sites for hydroxylation is 1. The van der Waals surface area contributed by atoms with Crippen molar-refractivity contribution in [1.29, 1.82) is 0 Å². The monoisotopic (exact) mass is 413 g/mol. The van der Waals surface area contributed by atoms with Gasteiger partial charge >= 0.3 is 12.1 Å². The topological polar surface area (TPSA) is 120 Å². The Morgan fingerprint density at radius 3 is 2.60 bits per heavy atom. The first-order valence-electron chi connectivity index (χ1n) is 9.42. The number of aromatic nitrogens is 1. The van der Waals surface area contributed by atoms with E-state index in [4.69, 9.17) is 14.6 Å². The predicted octanol–water partition coefficient (Wildman–Crippen LogP) is 2.04. The molecule has 2 saturated heterocycles. The standard InChI is InChI=1S/C20H21N3O4.CH2O2/c1-14-7-8-16(18(24)25)17(21-14)22-9-10-23-19(26)27-13-20(23,12-22)11-15-5-3-2-4-6-15;2-1-3/h2-8H,9-13H2,1H3,(H,24,25);1H,(H,2,3). The number of pyridine rings is 1. The molecule has 1 aromatic heterocycles. The zero-order valence-electron chi connectivity index (χ0n) is 16.5. The Hall–Kier alpha value is -3.62. The van der Waals surface area contributed by atoms with Crippen LogP contribution < -0.4 is 4.90 Å². The molecule has 1 amide bonds. The van der Waals surface area contributed by atoms with Crippen molar-refractivity contribution in [3.8, 4) is 0 Å². The summed E-state index contributed by atoms with van der Waals surface area (Å²) in [6.45, 7) is 3.34. The number of rotatable bonds is 4. The number of hydrogen-bond donors (Lipinski definition) is 2. The molecule has 3 heterocycles. The van der Waals surface area contributed by atoms with Crippen LogP contribution in [-0.4, -0.2) is 70.4 Å². The highest BCUT2D eigenvalue weighted by Gasteiger charge is 2.51. The smallest absolute Gasteiger partial charge is 0.410 e. The number of ether oxygens (including phenoxy) is 1. The van der Waals surface area contributed by atoms with Crippen molar-refractivity contribution in [2.45, 2.75) is 18.9 Å². The van der Waals surface area contributed by atoms with Gasteiger partial charge in [-0.05, 0) is 24.6 Å². The van der Waals surface area contributed by atoms with E-state index in [1.807, 2.05) is 42.2 Å². The van der Waals surface area contributed by atoms with Crippen LogP contribution in [0.15, 0.2) is 42.5 Å². The molecule has 1 aromatic carbocycles. The first-order chi connectivity index (χ1) is 14.4. The molecule has 2 N–H and O–H groups in total. The summed E-state index contributed by atoms with van der Waals surface area (Å²) in [5.74, 6) is -0.551. The normalized spacial score (nSPS) is 20.0. The number of piperazine rings is 1. The van der Waals surface area contributed by atoms with Crippen molar-refractivity contribution in [3.63, 3.8) is 0 Å². The second kappa shape index (κ2) is 8.81. The minimum absolute atomic E-state index is 0.175. The van der Waals surface area contributed by atoms with Crippen molar-refractivity contribution in [3.05, 3.63) is 59.3 Å². The maximum Gasteiger partial charge on any atom is 0.410 e. The van der Waals surface area contributed by atoms with E-state index in [2.05, 4.69) is 4.98 Å². The Bertz CT molecular complexity index is 936. The summed E-state index contributed by atoms with van der Waals surface area (Å²) in [4.78, 5) is 40.5. The van der Waals surface area contributed by atoms with E-state index in [1.165, 1.54) is 0 Å². The molecule has 2 aromatic rings. The molecule has 9 nitrogen and oxygen atoms in total. The highest BCUT2D eigenvalue weighted by molar-refractivity contribution is 5.93. The molecular weight excluding hydrogens is 390 g/mol. The van der Waals surface area contributed by atoms with Crippen LogP contribution >= 0.6 is 0 Å². The minimum atomic E-state index is -1.00. The summed E-state index contributed by atoms with van der Waals surface area (Å²) in [5.41, 5.74) is 1.51. The largest absolute Gasteiger partial charge is 0.483 e. The third-order valence-electron chi connectivity index (χ3n) is 5.26. The van der Waals surface area contributed by atoms with E-state index in [1.54, 1.807) is 17.0 Å². The van der Waals surface area contributed by atoms with E-state index >= 15 is 0 Å². The Morgan fingerprint density at radius 2 is 1.93 bits per heavy atom. The molecule has 1 atom stereocenters. The number of aromatic carboxylic acids is 1. The van der Waals surface area contributed by atoms with Crippen LogP contribution in [0.4, 0.5) is 10.6 Å². The number of amides is 1. The molecule has 2 aliphatic rings. The lowest BCUT2D eigenvalue weighted by Gasteiger charge is -2.45. The van der Waals surface area contributed by atoms with Crippen LogP contribution in [-0.2, 0) is 16.0 Å². The van der Waals surface area contributed by atoms with Gasteiger partial charge in [0, 0.05) is 31.7 Å². The molecular formula is C21H23N3O6. The highest BCUT2D eigenvalue weighted by atomic mass is 16.6. The Labute approximate surface area is 173 Å². The first-order valence-corrected chi connectivity index (χ1v) is 9.42. The van der Waals surface area contributed by atoms with Gasteiger partial charge in [-0.2, -0.15) is 0 Å². The SMILES string of the molecule is Cc1ccc(C(=O)O)c(N2CCN3C(=O)OCC3(Cc3ccccc3)C2)n1.O=CO. The third kappa shape index (κ3) is 4.19. The predicted molar refractivity (Wildman–Crippen MR) is 108 cm³/mol. The van der Waals surface area contributed by atoms with E-state index in [0.717, 1.165) is 11.3 Å². The maximum absolute atomic E-state index is 12.3. The van der Waals surface area contributed by atoms with E-state index in [0.29, 0.717) is 31.9 Å². The average molecular weight is 413 g/mol. The highest BCUT2D eigenvalue weighted by Crippen LogP contribution is 2.34. The zero-order chi connectivity index (χ0) is 21.7.